The quantitative estimate of drug-likeness (QED) is 0.438. The lowest BCUT2D eigenvalue weighted by Gasteiger charge is -2.13. The van der Waals surface area contributed by atoms with Crippen LogP contribution in [0.3, 0.4) is 0 Å². The Kier molecular flexibility index (Phi) is 7.75. The molecule has 0 radical (unpaired) electrons. The van der Waals surface area contributed by atoms with E-state index in [0.717, 1.165) is 17.3 Å². The molecule has 1 unspecified atom stereocenters. The highest BCUT2D eigenvalue weighted by atomic mass is 32.2. The van der Waals surface area contributed by atoms with Crippen LogP contribution in [0.25, 0.3) is 0 Å². The number of hydrogen-bond donors (Lipinski definition) is 0. The summed E-state index contributed by atoms with van der Waals surface area (Å²) in [5.41, 5.74) is 0.852. The van der Waals surface area contributed by atoms with Crippen molar-refractivity contribution in [2.24, 2.45) is 0 Å². The van der Waals surface area contributed by atoms with Gasteiger partial charge in [0, 0.05) is 19.8 Å². The van der Waals surface area contributed by atoms with E-state index in [2.05, 4.69) is 0 Å². The van der Waals surface area contributed by atoms with Gasteiger partial charge >= 0.3 is 11.3 Å². The van der Waals surface area contributed by atoms with Crippen LogP contribution in [0.1, 0.15) is 12.5 Å². The highest BCUT2D eigenvalue weighted by molar-refractivity contribution is 8.13. The van der Waals surface area contributed by atoms with Crippen molar-refractivity contribution in [2.45, 2.75) is 19.6 Å². The third-order valence-electron chi connectivity index (χ3n) is 2.26. The van der Waals surface area contributed by atoms with Crippen LogP contribution in [-0.4, -0.2) is 37.0 Å². The molecule has 0 aromatic heterocycles. The summed E-state index contributed by atoms with van der Waals surface area (Å²) >= 11 is 0.983. The number of esters is 1. The van der Waals surface area contributed by atoms with Crippen LogP contribution in [0.15, 0.2) is 30.3 Å². The molecule has 0 aliphatic rings. The molecule has 0 saturated carbocycles. The minimum atomic E-state index is -0.895. The molecule has 110 valence electrons. The Balaban J connectivity index is 2.26. The van der Waals surface area contributed by atoms with E-state index in [0.29, 0.717) is 12.4 Å². The molecule has 5 nitrogen and oxygen atoms in total. The fraction of sp³-hybridized carbons (Fsp3) is 0.429. The van der Waals surface area contributed by atoms with Gasteiger partial charge in [0.2, 0.25) is 6.29 Å². The van der Waals surface area contributed by atoms with Crippen LogP contribution in [0, 0.1) is 0 Å². The number of thioether (sulfide) groups is 1. The maximum absolute atomic E-state index is 11.6. The van der Waals surface area contributed by atoms with Crippen LogP contribution < -0.4 is 0 Å². The highest BCUT2D eigenvalue weighted by Gasteiger charge is 2.14. The maximum atomic E-state index is 11.6. The van der Waals surface area contributed by atoms with Crippen LogP contribution in [0.5, 0.6) is 0 Å². The predicted octanol–water partition coefficient (Wildman–Crippen LogP) is 2.63. The van der Waals surface area contributed by atoms with Gasteiger partial charge in [-0.05, 0) is 17.3 Å². The summed E-state index contributed by atoms with van der Waals surface area (Å²) in [6.07, 6.45) is -0.742. The van der Waals surface area contributed by atoms with Crippen molar-refractivity contribution in [3.05, 3.63) is 35.9 Å². The molecular formula is C14H18O5S. The van der Waals surface area contributed by atoms with Gasteiger partial charge in [-0.2, -0.15) is 0 Å². The molecule has 1 aromatic rings. The number of hydrogen-bond acceptors (Lipinski definition) is 6. The highest BCUT2D eigenvalue weighted by Crippen LogP contribution is 2.09. The lowest BCUT2D eigenvalue weighted by atomic mass is 10.2. The molecule has 0 amide bonds. The van der Waals surface area contributed by atoms with Crippen molar-refractivity contribution in [1.29, 1.82) is 0 Å². The molecule has 1 aromatic carbocycles. The first-order valence-corrected chi connectivity index (χ1v) is 7.16. The molecule has 0 N–H and O–H groups in total. The third-order valence-corrected chi connectivity index (χ3v) is 2.96. The summed E-state index contributed by atoms with van der Waals surface area (Å²) in [4.78, 5) is 23.0. The number of benzene rings is 1. The van der Waals surface area contributed by atoms with Gasteiger partial charge in [-0.15, -0.1) is 0 Å². The minimum absolute atomic E-state index is 0.152. The summed E-state index contributed by atoms with van der Waals surface area (Å²) < 4.78 is 14.7. The molecule has 1 rings (SSSR count). The molecule has 0 heterocycles. The van der Waals surface area contributed by atoms with Crippen LogP contribution >= 0.6 is 11.8 Å². The lowest BCUT2D eigenvalue weighted by molar-refractivity contribution is -0.162. The van der Waals surface area contributed by atoms with E-state index in [1.807, 2.05) is 30.3 Å². The van der Waals surface area contributed by atoms with Crippen molar-refractivity contribution >= 4 is 23.0 Å². The molecule has 0 spiro atoms. The Labute approximate surface area is 122 Å². The van der Waals surface area contributed by atoms with E-state index in [9.17, 15) is 9.59 Å². The fourth-order valence-electron chi connectivity index (χ4n) is 1.39. The van der Waals surface area contributed by atoms with Gasteiger partial charge in [0.1, 0.15) is 0 Å². The van der Waals surface area contributed by atoms with Gasteiger partial charge in [0.25, 0.3) is 0 Å². The average Bonchev–Trinajstić information content (AvgIpc) is 2.39. The van der Waals surface area contributed by atoms with Crippen molar-refractivity contribution in [3.63, 3.8) is 0 Å². The summed E-state index contributed by atoms with van der Waals surface area (Å²) in [6.45, 7) is 1.97. The second kappa shape index (κ2) is 9.39. The number of ether oxygens (including phenoxy) is 3. The monoisotopic (exact) mass is 298 g/mol. The molecule has 1 atom stereocenters. The minimum Gasteiger partial charge on any atom is -0.425 e. The first-order chi connectivity index (χ1) is 9.61. The Morgan fingerprint density at radius 1 is 1.20 bits per heavy atom. The van der Waals surface area contributed by atoms with Gasteiger partial charge in [-0.3, -0.25) is 4.79 Å². The molecule has 20 heavy (non-hydrogen) atoms. The number of carbonyl (C=O) groups excluding carboxylic acids is 2. The third kappa shape index (κ3) is 7.16. The topological polar surface area (TPSA) is 61.8 Å². The van der Waals surface area contributed by atoms with E-state index in [1.54, 1.807) is 7.11 Å². The summed E-state index contributed by atoms with van der Waals surface area (Å²) in [6, 6.07) is 9.23. The second-order valence-corrected chi connectivity index (χ2v) is 4.96. The Morgan fingerprint density at radius 3 is 2.55 bits per heavy atom. The van der Waals surface area contributed by atoms with Gasteiger partial charge in [0.15, 0.2) is 0 Å². The van der Waals surface area contributed by atoms with E-state index in [4.69, 9.17) is 14.2 Å². The van der Waals surface area contributed by atoms with Crippen LogP contribution in [0.4, 0.5) is 4.79 Å². The molecule has 0 aliphatic carbocycles. The molecule has 0 aliphatic heterocycles. The van der Waals surface area contributed by atoms with Crippen LogP contribution in [0.2, 0.25) is 0 Å². The summed E-state index contributed by atoms with van der Waals surface area (Å²) in [5.74, 6) is 0.0680. The first-order valence-electron chi connectivity index (χ1n) is 6.17. The van der Waals surface area contributed by atoms with Crippen molar-refractivity contribution in [2.75, 3.05) is 19.5 Å². The normalized spacial score (nSPS) is 11.7. The largest absolute Gasteiger partial charge is 0.425 e. The molecule has 6 heteroatoms. The van der Waals surface area contributed by atoms with Gasteiger partial charge < -0.3 is 14.2 Å². The van der Waals surface area contributed by atoms with E-state index >= 15 is 0 Å². The zero-order chi connectivity index (χ0) is 14.8. The van der Waals surface area contributed by atoms with Crippen LogP contribution in [-0.2, 0) is 25.4 Å². The zero-order valence-corrected chi connectivity index (χ0v) is 12.4. The van der Waals surface area contributed by atoms with Crippen molar-refractivity contribution < 1.29 is 23.8 Å². The van der Waals surface area contributed by atoms with E-state index in [1.165, 1.54) is 6.92 Å². The predicted molar refractivity (Wildman–Crippen MR) is 76.5 cm³/mol. The number of rotatable bonds is 7. The number of carbonyl (C=O) groups is 2. The zero-order valence-electron chi connectivity index (χ0n) is 11.5. The van der Waals surface area contributed by atoms with E-state index in [-0.39, 0.29) is 6.42 Å². The van der Waals surface area contributed by atoms with Gasteiger partial charge in [-0.1, -0.05) is 30.3 Å². The molecule has 0 saturated heterocycles. The number of methoxy groups -OCH3 is 1. The Bertz CT molecular complexity index is 421. The average molecular weight is 298 g/mol. The summed E-state index contributed by atoms with van der Waals surface area (Å²) in [7, 11) is 1.56. The maximum Gasteiger partial charge on any atom is 0.370 e. The lowest BCUT2D eigenvalue weighted by Crippen LogP contribution is -2.21. The second-order valence-electron chi connectivity index (χ2n) is 3.93. The van der Waals surface area contributed by atoms with Gasteiger partial charge in [-0.25, -0.2) is 4.79 Å². The van der Waals surface area contributed by atoms with E-state index < -0.39 is 17.6 Å². The standard InChI is InChI=1S/C14H18O5S/c1-11(19-14(16)20-9-8-17-2)18-13(15)10-12-6-4-3-5-7-12/h3-7,11H,8-10H2,1-2H3. The summed E-state index contributed by atoms with van der Waals surface area (Å²) in [5, 5.41) is -0.484. The molecule has 0 bridgehead atoms. The van der Waals surface area contributed by atoms with Crippen molar-refractivity contribution in [1.82, 2.24) is 0 Å². The smallest absolute Gasteiger partial charge is 0.370 e. The Morgan fingerprint density at radius 2 is 1.90 bits per heavy atom. The van der Waals surface area contributed by atoms with Gasteiger partial charge in [0.05, 0.1) is 13.0 Å². The van der Waals surface area contributed by atoms with Crippen molar-refractivity contribution in [3.8, 4) is 0 Å². The fourth-order valence-corrected chi connectivity index (χ4v) is 2.01. The first kappa shape index (κ1) is 16.5. The molecule has 0 fully saturated rings. The molecular weight excluding hydrogens is 280 g/mol. The Hall–Kier alpha value is -1.53. The SMILES string of the molecule is COCCSC(=O)OC(C)OC(=O)Cc1ccccc1.